The van der Waals surface area contributed by atoms with Crippen molar-refractivity contribution in [2.45, 2.75) is 0 Å². The predicted molar refractivity (Wildman–Crippen MR) is 66.7 cm³/mol. The van der Waals surface area contributed by atoms with Gasteiger partial charge in [0.15, 0.2) is 11.5 Å². The predicted octanol–water partition coefficient (Wildman–Crippen LogP) is 2.06. The van der Waals surface area contributed by atoms with Gasteiger partial charge in [0.2, 0.25) is 0 Å². The zero-order valence-electron chi connectivity index (χ0n) is 9.31. The number of hydrogen-bond donors (Lipinski definition) is 2. The van der Waals surface area contributed by atoms with Crippen LogP contribution < -0.4 is 5.32 Å². The van der Waals surface area contributed by atoms with E-state index in [0.717, 1.165) is 22.9 Å². The molecule has 17 heavy (non-hydrogen) atoms. The van der Waals surface area contributed by atoms with Crippen LogP contribution >= 0.6 is 0 Å². The Balaban J connectivity index is 2.14. The van der Waals surface area contributed by atoms with Gasteiger partial charge in [-0.2, -0.15) is 0 Å². The monoisotopic (exact) mass is 225 g/mol. The minimum atomic E-state index is 0.692. The summed E-state index contributed by atoms with van der Waals surface area (Å²) in [6.45, 7) is 0. The normalized spacial score (nSPS) is 10.6. The van der Waals surface area contributed by atoms with E-state index in [-0.39, 0.29) is 0 Å². The number of nitrogens with one attached hydrogen (secondary N) is 2. The lowest BCUT2D eigenvalue weighted by molar-refractivity contribution is 1.23. The lowest BCUT2D eigenvalue weighted by Gasteiger charge is -1.95. The van der Waals surface area contributed by atoms with E-state index in [1.807, 2.05) is 37.4 Å². The lowest BCUT2D eigenvalue weighted by atomic mass is 10.3. The van der Waals surface area contributed by atoms with Crippen molar-refractivity contribution in [2.75, 3.05) is 12.4 Å². The Kier molecular flexibility index (Phi) is 2.22. The van der Waals surface area contributed by atoms with E-state index in [1.165, 1.54) is 0 Å². The van der Waals surface area contributed by atoms with Crippen molar-refractivity contribution >= 4 is 17.0 Å². The molecule has 3 aromatic heterocycles. The van der Waals surface area contributed by atoms with E-state index in [2.05, 4.69) is 25.3 Å². The zero-order valence-corrected chi connectivity index (χ0v) is 9.31. The van der Waals surface area contributed by atoms with Gasteiger partial charge < -0.3 is 10.3 Å². The van der Waals surface area contributed by atoms with Gasteiger partial charge in [-0.3, -0.25) is 4.98 Å². The number of anilines is 1. The Hall–Kier alpha value is -2.43. The number of pyridine rings is 2. The molecule has 0 aliphatic carbocycles. The Morgan fingerprint density at radius 2 is 2.06 bits per heavy atom. The highest BCUT2D eigenvalue weighted by atomic mass is 15.0. The first-order valence-corrected chi connectivity index (χ1v) is 5.33. The van der Waals surface area contributed by atoms with E-state index in [4.69, 9.17) is 0 Å². The van der Waals surface area contributed by atoms with Crippen LogP contribution in [0.1, 0.15) is 0 Å². The molecule has 0 unspecified atom stereocenters. The fourth-order valence-electron chi connectivity index (χ4n) is 1.66. The topological polar surface area (TPSA) is 66.5 Å². The van der Waals surface area contributed by atoms with E-state index in [1.54, 1.807) is 6.20 Å². The molecular formula is C12H11N5. The number of fused-ring (bicyclic) bond motifs is 1. The van der Waals surface area contributed by atoms with Crippen LogP contribution in [0.2, 0.25) is 0 Å². The van der Waals surface area contributed by atoms with Crippen LogP contribution in [0, 0.1) is 0 Å². The van der Waals surface area contributed by atoms with Gasteiger partial charge in [-0.1, -0.05) is 6.07 Å². The summed E-state index contributed by atoms with van der Waals surface area (Å²) in [6, 6.07) is 9.58. The Morgan fingerprint density at radius 3 is 2.82 bits per heavy atom. The van der Waals surface area contributed by atoms with E-state index >= 15 is 0 Å². The summed E-state index contributed by atoms with van der Waals surface area (Å²) < 4.78 is 0. The van der Waals surface area contributed by atoms with Gasteiger partial charge in [0.25, 0.3) is 0 Å². The summed E-state index contributed by atoms with van der Waals surface area (Å²) in [5, 5.41) is 2.99. The molecule has 0 aliphatic rings. The quantitative estimate of drug-likeness (QED) is 0.700. The summed E-state index contributed by atoms with van der Waals surface area (Å²) in [5.74, 6) is 1.54. The second kappa shape index (κ2) is 3.86. The van der Waals surface area contributed by atoms with Gasteiger partial charge in [-0.05, 0) is 24.3 Å². The fraction of sp³-hybridized carbons (Fsp3) is 0.0833. The molecular weight excluding hydrogens is 214 g/mol. The van der Waals surface area contributed by atoms with Crippen molar-refractivity contribution in [2.24, 2.45) is 0 Å². The van der Waals surface area contributed by atoms with Crippen LogP contribution in [0.3, 0.4) is 0 Å². The number of aromatic nitrogens is 4. The number of H-pyrrole nitrogens is 1. The van der Waals surface area contributed by atoms with E-state index in [9.17, 15) is 0 Å². The second-order valence-electron chi connectivity index (χ2n) is 3.62. The Labute approximate surface area is 98.0 Å². The molecule has 0 saturated heterocycles. The lowest BCUT2D eigenvalue weighted by Crippen LogP contribution is -1.91. The largest absolute Gasteiger partial charge is 0.373 e. The van der Waals surface area contributed by atoms with Crippen molar-refractivity contribution < 1.29 is 0 Å². The molecule has 5 heteroatoms. The third-order valence-corrected chi connectivity index (χ3v) is 2.51. The van der Waals surface area contributed by atoms with Crippen molar-refractivity contribution in [1.82, 2.24) is 19.9 Å². The number of rotatable bonds is 2. The molecule has 0 amide bonds. The molecule has 0 aliphatic heterocycles. The summed E-state index contributed by atoms with van der Waals surface area (Å²) >= 11 is 0. The van der Waals surface area contributed by atoms with Crippen LogP contribution in [0.4, 0.5) is 5.82 Å². The molecule has 0 radical (unpaired) electrons. The first-order chi connectivity index (χ1) is 8.36. The minimum Gasteiger partial charge on any atom is -0.373 e. The molecule has 84 valence electrons. The van der Waals surface area contributed by atoms with Crippen LogP contribution in [-0.2, 0) is 0 Å². The Bertz CT molecular complexity index is 644. The summed E-state index contributed by atoms with van der Waals surface area (Å²) in [4.78, 5) is 16.2. The van der Waals surface area contributed by atoms with Crippen LogP contribution in [-0.4, -0.2) is 27.0 Å². The fourth-order valence-corrected chi connectivity index (χ4v) is 1.66. The van der Waals surface area contributed by atoms with Gasteiger partial charge in [-0.15, -0.1) is 0 Å². The highest BCUT2D eigenvalue weighted by Crippen LogP contribution is 2.18. The van der Waals surface area contributed by atoms with E-state index < -0.39 is 0 Å². The molecule has 0 saturated carbocycles. The average Bonchev–Trinajstić information content (AvgIpc) is 2.82. The molecule has 0 spiro atoms. The number of imidazole rings is 1. The molecule has 3 rings (SSSR count). The number of hydrogen-bond acceptors (Lipinski definition) is 4. The van der Waals surface area contributed by atoms with Gasteiger partial charge in [0, 0.05) is 13.2 Å². The summed E-state index contributed by atoms with van der Waals surface area (Å²) in [7, 11) is 1.83. The van der Waals surface area contributed by atoms with Gasteiger partial charge in [0.05, 0.1) is 5.52 Å². The molecule has 0 bridgehead atoms. The molecule has 3 heterocycles. The molecule has 2 N–H and O–H groups in total. The third-order valence-electron chi connectivity index (χ3n) is 2.51. The second-order valence-corrected chi connectivity index (χ2v) is 3.62. The molecule has 0 atom stereocenters. The third kappa shape index (κ3) is 1.71. The number of nitrogens with zero attached hydrogens (tertiary/aromatic N) is 3. The van der Waals surface area contributed by atoms with Crippen LogP contribution in [0.25, 0.3) is 22.7 Å². The standard InChI is InChI=1S/C12H11N5/c1-13-10-6-5-9-12(16-10)17-11(15-9)8-4-2-3-7-14-8/h2-7H,1H3,(H2,13,15,16,17). The Morgan fingerprint density at radius 1 is 1.12 bits per heavy atom. The van der Waals surface area contributed by atoms with Crippen molar-refractivity contribution in [3.63, 3.8) is 0 Å². The van der Waals surface area contributed by atoms with Crippen molar-refractivity contribution in [1.29, 1.82) is 0 Å². The number of aromatic amines is 1. The zero-order chi connectivity index (χ0) is 11.7. The van der Waals surface area contributed by atoms with Gasteiger partial charge in [-0.25, -0.2) is 9.97 Å². The summed E-state index contributed by atoms with van der Waals surface area (Å²) in [6.07, 6.45) is 1.75. The smallest absolute Gasteiger partial charge is 0.180 e. The SMILES string of the molecule is CNc1ccc2[nH]c(-c3ccccn3)nc2n1. The molecule has 0 fully saturated rings. The van der Waals surface area contributed by atoms with E-state index in [0.29, 0.717) is 5.65 Å². The maximum absolute atomic E-state index is 4.42. The van der Waals surface area contributed by atoms with Gasteiger partial charge >= 0.3 is 0 Å². The van der Waals surface area contributed by atoms with Crippen molar-refractivity contribution in [3.05, 3.63) is 36.5 Å². The molecule has 5 nitrogen and oxygen atoms in total. The van der Waals surface area contributed by atoms with Crippen molar-refractivity contribution in [3.8, 4) is 11.5 Å². The first kappa shape index (κ1) is 9.77. The van der Waals surface area contributed by atoms with Gasteiger partial charge in [0.1, 0.15) is 11.5 Å². The molecule has 0 aromatic carbocycles. The maximum atomic E-state index is 4.42. The first-order valence-electron chi connectivity index (χ1n) is 5.33. The average molecular weight is 225 g/mol. The summed E-state index contributed by atoms with van der Waals surface area (Å²) in [5.41, 5.74) is 2.42. The minimum absolute atomic E-state index is 0.692. The van der Waals surface area contributed by atoms with Crippen LogP contribution in [0.5, 0.6) is 0 Å². The molecule has 3 aromatic rings. The highest BCUT2D eigenvalue weighted by molar-refractivity contribution is 5.76. The highest BCUT2D eigenvalue weighted by Gasteiger charge is 2.07. The maximum Gasteiger partial charge on any atom is 0.180 e. The van der Waals surface area contributed by atoms with Crippen LogP contribution in [0.15, 0.2) is 36.5 Å².